The number of anilines is 1. The van der Waals surface area contributed by atoms with Gasteiger partial charge in [-0.05, 0) is 60.6 Å². The second kappa shape index (κ2) is 7.79. The van der Waals surface area contributed by atoms with E-state index in [-0.39, 0.29) is 18.3 Å². The molecule has 0 bridgehead atoms. The Morgan fingerprint density at radius 3 is 2.86 bits per heavy atom. The topological polar surface area (TPSA) is 88.6 Å². The molecule has 1 saturated carbocycles. The highest BCUT2D eigenvalue weighted by atomic mass is 32.2. The SMILES string of the molecule is O=C(COc1cccnc1)N1CCc2cc(NS(=O)(=O)CC3CC3)ccc2C1. The maximum atomic E-state index is 12.4. The molecule has 1 aliphatic carbocycles. The monoisotopic (exact) mass is 401 g/mol. The van der Waals surface area contributed by atoms with Crippen LogP contribution in [0.2, 0.25) is 0 Å². The van der Waals surface area contributed by atoms with E-state index in [1.165, 1.54) is 0 Å². The maximum Gasteiger partial charge on any atom is 0.260 e. The van der Waals surface area contributed by atoms with Gasteiger partial charge in [0.25, 0.3) is 5.91 Å². The molecule has 1 aromatic carbocycles. The Labute approximate surface area is 164 Å². The third-order valence-corrected chi connectivity index (χ3v) is 6.45. The summed E-state index contributed by atoms with van der Waals surface area (Å²) in [4.78, 5) is 18.2. The smallest absolute Gasteiger partial charge is 0.260 e. The molecule has 1 N–H and O–H groups in total. The van der Waals surface area contributed by atoms with E-state index in [2.05, 4.69) is 9.71 Å². The number of ether oxygens (including phenoxy) is 1. The highest BCUT2D eigenvalue weighted by Crippen LogP contribution is 2.31. The molecule has 1 amide bonds. The average Bonchev–Trinajstić information content (AvgIpc) is 3.49. The summed E-state index contributed by atoms with van der Waals surface area (Å²) in [7, 11) is -3.29. The molecule has 1 aromatic heterocycles. The van der Waals surface area contributed by atoms with Crippen LogP contribution in [-0.4, -0.2) is 43.1 Å². The molecular weight excluding hydrogens is 378 g/mol. The van der Waals surface area contributed by atoms with Crippen LogP contribution in [0.15, 0.2) is 42.7 Å². The van der Waals surface area contributed by atoms with Gasteiger partial charge in [0.2, 0.25) is 10.0 Å². The molecule has 0 spiro atoms. The summed E-state index contributed by atoms with van der Waals surface area (Å²) in [5.41, 5.74) is 2.70. The zero-order valence-electron chi connectivity index (χ0n) is 15.5. The number of hydrogen-bond donors (Lipinski definition) is 1. The largest absolute Gasteiger partial charge is 0.482 e. The van der Waals surface area contributed by atoms with Crippen molar-refractivity contribution < 1.29 is 17.9 Å². The maximum absolute atomic E-state index is 12.4. The lowest BCUT2D eigenvalue weighted by Gasteiger charge is -2.29. The summed E-state index contributed by atoms with van der Waals surface area (Å²) in [6.07, 6.45) is 5.91. The first-order valence-corrected chi connectivity index (χ1v) is 11.1. The molecule has 28 heavy (non-hydrogen) atoms. The van der Waals surface area contributed by atoms with Crippen molar-refractivity contribution in [2.24, 2.45) is 5.92 Å². The molecule has 0 atom stereocenters. The number of rotatable bonds is 7. The molecule has 2 aliphatic rings. The molecule has 0 radical (unpaired) electrons. The van der Waals surface area contributed by atoms with Gasteiger partial charge in [0.05, 0.1) is 11.9 Å². The van der Waals surface area contributed by atoms with Crippen molar-refractivity contribution in [1.82, 2.24) is 9.88 Å². The van der Waals surface area contributed by atoms with Gasteiger partial charge in [-0.15, -0.1) is 0 Å². The van der Waals surface area contributed by atoms with E-state index in [1.54, 1.807) is 35.5 Å². The van der Waals surface area contributed by atoms with Gasteiger partial charge in [0, 0.05) is 25.0 Å². The number of aromatic nitrogens is 1. The first kappa shape index (κ1) is 18.7. The number of nitrogens with zero attached hydrogens (tertiary/aromatic N) is 2. The number of amides is 1. The van der Waals surface area contributed by atoms with Gasteiger partial charge in [-0.1, -0.05) is 6.07 Å². The first-order chi connectivity index (χ1) is 13.5. The van der Waals surface area contributed by atoms with Crippen LogP contribution in [0.4, 0.5) is 5.69 Å². The molecule has 2 heterocycles. The fourth-order valence-corrected chi connectivity index (χ4v) is 4.84. The molecule has 1 fully saturated rings. The third-order valence-electron chi connectivity index (χ3n) is 4.99. The van der Waals surface area contributed by atoms with Gasteiger partial charge in [-0.2, -0.15) is 0 Å². The summed E-state index contributed by atoms with van der Waals surface area (Å²) < 4.78 is 32.5. The molecule has 0 saturated heterocycles. The van der Waals surface area contributed by atoms with Crippen LogP contribution in [0.5, 0.6) is 5.75 Å². The molecule has 2 aromatic rings. The molecule has 148 valence electrons. The lowest BCUT2D eigenvalue weighted by atomic mass is 9.99. The number of fused-ring (bicyclic) bond motifs is 1. The second-order valence-corrected chi connectivity index (χ2v) is 9.12. The van der Waals surface area contributed by atoms with Crippen molar-refractivity contribution in [3.8, 4) is 5.75 Å². The molecular formula is C20H23N3O4S. The predicted octanol–water partition coefficient (Wildman–Crippen LogP) is 2.20. The van der Waals surface area contributed by atoms with E-state index in [4.69, 9.17) is 4.74 Å². The Balaban J connectivity index is 1.35. The van der Waals surface area contributed by atoms with Crippen LogP contribution >= 0.6 is 0 Å². The summed E-state index contributed by atoms with van der Waals surface area (Å²) >= 11 is 0. The highest BCUT2D eigenvalue weighted by molar-refractivity contribution is 7.92. The molecule has 4 rings (SSSR count). The minimum absolute atomic E-state index is 0.0277. The van der Waals surface area contributed by atoms with Crippen molar-refractivity contribution in [2.75, 3.05) is 23.6 Å². The van der Waals surface area contributed by atoms with Crippen molar-refractivity contribution in [2.45, 2.75) is 25.8 Å². The fraction of sp³-hybridized carbons (Fsp3) is 0.400. The lowest BCUT2D eigenvalue weighted by Crippen LogP contribution is -2.38. The summed E-state index contributed by atoms with van der Waals surface area (Å²) in [5.74, 6) is 0.993. The normalized spacial score (nSPS) is 16.4. The van der Waals surface area contributed by atoms with Crippen LogP contribution in [0, 0.1) is 5.92 Å². The van der Waals surface area contributed by atoms with E-state index in [0.717, 1.165) is 24.0 Å². The van der Waals surface area contributed by atoms with Gasteiger partial charge in [-0.3, -0.25) is 14.5 Å². The van der Waals surface area contributed by atoms with Crippen LogP contribution in [-0.2, 0) is 27.8 Å². The van der Waals surface area contributed by atoms with Crippen LogP contribution in [0.1, 0.15) is 24.0 Å². The molecule has 7 nitrogen and oxygen atoms in total. The molecule has 0 unspecified atom stereocenters. The highest BCUT2D eigenvalue weighted by Gasteiger charge is 2.28. The number of carbonyl (C=O) groups excluding carboxylic acids is 1. The van der Waals surface area contributed by atoms with E-state index >= 15 is 0 Å². The van der Waals surface area contributed by atoms with Crippen molar-refractivity contribution in [1.29, 1.82) is 0 Å². The number of hydrogen-bond acceptors (Lipinski definition) is 5. The number of benzene rings is 1. The minimum atomic E-state index is -3.29. The number of carbonyl (C=O) groups is 1. The Hall–Kier alpha value is -2.61. The van der Waals surface area contributed by atoms with Gasteiger partial charge in [0.15, 0.2) is 6.61 Å². The van der Waals surface area contributed by atoms with Crippen LogP contribution in [0.25, 0.3) is 0 Å². The zero-order valence-corrected chi connectivity index (χ0v) is 16.3. The lowest BCUT2D eigenvalue weighted by molar-refractivity contribution is -0.134. The Bertz CT molecular complexity index is 959. The second-order valence-electron chi connectivity index (χ2n) is 7.35. The first-order valence-electron chi connectivity index (χ1n) is 9.41. The van der Waals surface area contributed by atoms with Crippen molar-refractivity contribution >= 4 is 21.6 Å². The predicted molar refractivity (Wildman–Crippen MR) is 105 cm³/mol. The number of nitrogens with one attached hydrogen (secondary N) is 1. The minimum Gasteiger partial charge on any atom is -0.482 e. The van der Waals surface area contributed by atoms with Gasteiger partial charge >= 0.3 is 0 Å². The summed E-state index contributed by atoms with van der Waals surface area (Å²) in [6.45, 7) is 1.06. The summed E-state index contributed by atoms with van der Waals surface area (Å²) in [6, 6.07) is 9.06. The van der Waals surface area contributed by atoms with Crippen molar-refractivity contribution in [3.63, 3.8) is 0 Å². The van der Waals surface area contributed by atoms with E-state index in [9.17, 15) is 13.2 Å². The Morgan fingerprint density at radius 1 is 1.25 bits per heavy atom. The van der Waals surface area contributed by atoms with Gasteiger partial charge in [-0.25, -0.2) is 8.42 Å². The van der Waals surface area contributed by atoms with Gasteiger partial charge < -0.3 is 9.64 Å². The van der Waals surface area contributed by atoms with Gasteiger partial charge in [0.1, 0.15) is 5.75 Å². The Kier molecular flexibility index (Phi) is 5.21. The van der Waals surface area contributed by atoms with Crippen molar-refractivity contribution in [3.05, 3.63) is 53.9 Å². The summed E-state index contributed by atoms with van der Waals surface area (Å²) in [5, 5.41) is 0. The molecule has 8 heteroatoms. The quantitative estimate of drug-likeness (QED) is 0.768. The van der Waals surface area contributed by atoms with Crippen LogP contribution in [0.3, 0.4) is 0 Å². The Morgan fingerprint density at radius 2 is 2.11 bits per heavy atom. The fourth-order valence-electron chi connectivity index (χ4n) is 3.31. The molecule has 1 aliphatic heterocycles. The zero-order chi connectivity index (χ0) is 19.6. The van der Waals surface area contributed by atoms with Crippen LogP contribution < -0.4 is 9.46 Å². The number of pyridine rings is 1. The van der Waals surface area contributed by atoms with E-state index in [1.807, 2.05) is 12.1 Å². The standard InChI is InChI=1S/C20H23N3O4S/c24-20(13-27-19-2-1-8-21-11-19)23-9-7-16-10-18(6-5-17(16)12-23)22-28(25,26)14-15-3-4-15/h1-2,5-6,8,10-11,15,22H,3-4,7,9,12-14H2. The third kappa shape index (κ3) is 4.81. The van der Waals surface area contributed by atoms with E-state index < -0.39 is 10.0 Å². The average molecular weight is 401 g/mol. The van der Waals surface area contributed by atoms with E-state index in [0.29, 0.717) is 36.9 Å². The number of sulfonamides is 1.